The molecule has 1 unspecified atom stereocenters. The second kappa shape index (κ2) is 4.75. The first-order valence-corrected chi connectivity index (χ1v) is 6.96. The smallest absolute Gasteiger partial charge is 0.207 e. The predicted octanol–water partition coefficient (Wildman–Crippen LogP) is 0.695. The third-order valence-electron chi connectivity index (χ3n) is 2.41. The second-order valence-corrected chi connectivity index (χ2v) is 6.05. The molecule has 1 aromatic rings. The van der Waals surface area contributed by atoms with Gasteiger partial charge in [-0.3, -0.25) is 0 Å². The number of hydrogen-bond acceptors (Lipinski definition) is 5. The largest absolute Gasteiger partial charge is 0.359 e. The van der Waals surface area contributed by atoms with Crippen LogP contribution < -0.4 is 5.32 Å². The number of thiol groups is 1. The molecule has 0 aromatic heterocycles. The highest BCUT2D eigenvalue weighted by atomic mass is 32.2. The minimum atomic E-state index is -3.45. The maximum Gasteiger partial charge on any atom is 0.207 e. The molecule has 1 N–H and O–H groups in total. The Morgan fingerprint density at radius 1 is 1.38 bits per heavy atom. The lowest BCUT2D eigenvalue weighted by Gasteiger charge is -2.23. The zero-order chi connectivity index (χ0) is 11.6. The van der Waals surface area contributed by atoms with Crippen molar-refractivity contribution in [2.45, 2.75) is 15.2 Å². The minimum Gasteiger partial charge on any atom is -0.359 e. The Morgan fingerprint density at radius 3 is 2.75 bits per heavy atom. The van der Waals surface area contributed by atoms with Crippen molar-refractivity contribution in [1.82, 2.24) is 5.32 Å². The van der Waals surface area contributed by atoms with E-state index in [-0.39, 0.29) is 4.90 Å². The van der Waals surface area contributed by atoms with Gasteiger partial charge >= 0.3 is 0 Å². The van der Waals surface area contributed by atoms with Crippen LogP contribution >= 0.6 is 12.6 Å². The molecule has 0 radical (unpaired) electrons. The highest BCUT2D eigenvalue weighted by Crippen LogP contribution is 2.24. The number of nitrogens with one attached hydrogen (secondary N) is 1. The highest BCUT2D eigenvalue weighted by molar-refractivity contribution is 7.92. The fourth-order valence-corrected chi connectivity index (χ4v) is 3.65. The average Bonchev–Trinajstić information content (AvgIpc) is 2.30. The summed E-state index contributed by atoms with van der Waals surface area (Å²) >= 11 is 4.16. The molecule has 1 aliphatic heterocycles. The van der Waals surface area contributed by atoms with E-state index in [1.54, 1.807) is 24.3 Å². The number of benzene rings is 1. The van der Waals surface area contributed by atoms with Gasteiger partial charge in [0, 0.05) is 18.0 Å². The summed E-state index contributed by atoms with van der Waals surface area (Å²) in [6, 6.07) is 6.64. The zero-order valence-electron chi connectivity index (χ0n) is 8.59. The van der Waals surface area contributed by atoms with Crippen molar-refractivity contribution in [2.24, 2.45) is 0 Å². The molecule has 0 amide bonds. The van der Waals surface area contributed by atoms with Gasteiger partial charge in [-0.25, -0.2) is 8.42 Å². The minimum absolute atomic E-state index is 0.229. The van der Waals surface area contributed by atoms with Crippen molar-refractivity contribution in [3.05, 3.63) is 24.3 Å². The fraction of sp³-hybridized carbons (Fsp3) is 0.400. The van der Waals surface area contributed by atoms with Crippen LogP contribution in [0.15, 0.2) is 34.1 Å². The zero-order valence-corrected chi connectivity index (χ0v) is 10.3. The van der Waals surface area contributed by atoms with Gasteiger partial charge in [0.2, 0.25) is 9.84 Å². The van der Waals surface area contributed by atoms with E-state index in [2.05, 4.69) is 17.9 Å². The van der Waals surface area contributed by atoms with E-state index in [4.69, 9.17) is 4.74 Å². The van der Waals surface area contributed by atoms with E-state index in [0.29, 0.717) is 24.6 Å². The molecule has 0 aliphatic carbocycles. The Hall–Kier alpha value is -0.560. The van der Waals surface area contributed by atoms with Crippen LogP contribution in [0.4, 0.5) is 0 Å². The Labute approximate surface area is 100 Å². The summed E-state index contributed by atoms with van der Waals surface area (Å²) in [6.07, 6.45) is 0. The Kier molecular flexibility index (Phi) is 3.53. The van der Waals surface area contributed by atoms with Gasteiger partial charge in [0.1, 0.15) is 0 Å². The first-order valence-electron chi connectivity index (χ1n) is 4.96. The summed E-state index contributed by atoms with van der Waals surface area (Å²) in [4.78, 5) is 0.684. The van der Waals surface area contributed by atoms with Crippen molar-refractivity contribution in [2.75, 3.05) is 19.7 Å². The third-order valence-corrected chi connectivity index (χ3v) is 4.92. The van der Waals surface area contributed by atoms with E-state index in [1.165, 1.54) is 0 Å². The van der Waals surface area contributed by atoms with Gasteiger partial charge < -0.3 is 10.1 Å². The molecule has 0 spiro atoms. The van der Waals surface area contributed by atoms with Crippen LogP contribution in [-0.4, -0.2) is 33.6 Å². The Balaban J connectivity index is 2.35. The molecular formula is C10H13NO3S2. The number of morpholine rings is 1. The maximum absolute atomic E-state index is 12.2. The molecule has 6 heteroatoms. The molecule has 88 valence electrons. The van der Waals surface area contributed by atoms with E-state index in [9.17, 15) is 8.42 Å². The second-order valence-electron chi connectivity index (χ2n) is 3.52. The quantitative estimate of drug-likeness (QED) is 0.768. The molecule has 1 heterocycles. The number of sulfone groups is 1. The maximum atomic E-state index is 12.2. The molecule has 1 fully saturated rings. The SMILES string of the molecule is O=S(=O)(c1ccccc1S)C1CNCCO1. The van der Waals surface area contributed by atoms with Crippen LogP contribution in [0.3, 0.4) is 0 Å². The van der Waals surface area contributed by atoms with Gasteiger partial charge in [-0.05, 0) is 12.1 Å². The molecular weight excluding hydrogens is 246 g/mol. The van der Waals surface area contributed by atoms with Gasteiger partial charge in [-0.2, -0.15) is 0 Å². The monoisotopic (exact) mass is 259 g/mol. The van der Waals surface area contributed by atoms with Crippen LogP contribution in [0.1, 0.15) is 0 Å². The lowest BCUT2D eigenvalue weighted by molar-refractivity contribution is 0.0784. The summed E-state index contributed by atoms with van der Waals surface area (Å²) in [5, 5.41) is 3.00. The van der Waals surface area contributed by atoms with E-state index < -0.39 is 15.3 Å². The van der Waals surface area contributed by atoms with E-state index in [0.717, 1.165) is 0 Å². The van der Waals surface area contributed by atoms with E-state index in [1.807, 2.05) is 0 Å². The summed E-state index contributed by atoms with van der Waals surface area (Å²) in [5.74, 6) is 0. The molecule has 2 rings (SSSR count). The molecule has 0 saturated carbocycles. The third kappa shape index (κ3) is 2.24. The van der Waals surface area contributed by atoms with Crippen LogP contribution in [0.25, 0.3) is 0 Å². The van der Waals surface area contributed by atoms with Gasteiger partial charge in [-0.1, -0.05) is 12.1 Å². The molecule has 1 saturated heterocycles. The molecule has 1 aliphatic rings. The summed E-state index contributed by atoms with van der Waals surface area (Å²) in [5.41, 5.74) is -0.811. The summed E-state index contributed by atoms with van der Waals surface area (Å²) in [7, 11) is -3.45. The van der Waals surface area contributed by atoms with Crippen LogP contribution in [0.5, 0.6) is 0 Å². The molecule has 16 heavy (non-hydrogen) atoms. The van der Waals surface area contributed by atoms with Crippen molar-refractivity contribution < 1.29 is 13.2 Å². The molecule has 0 bridgehead atoms. The lowest BCUT2D eigenvalue weighted by Crippen LogP contribution is -2.43. The normalized spacial score (nSPS) is 21.9. The van der Waals surface area contributed by atoms with Crippen molar-refractivity contribution >= 4 is 22.5 Å². The summed E-state index contributed by atoms with van der Waals surface area (Å²) in [6.45, 7) is 1.43. The molecule has 1 aromatic carbocycles. The summed E-state index contributed by atoms with van der Waals surface area (Å²) < 4.78 is 29.7. The van der Waals surface area contributed by atoms with Crippen LogP contribution in [0.2, 0.25) is 0 Å². The average molecular weight is 259 g/mol. The molecule has 4 nitrogen and oxygen atoms in total. The van der Waals surface area contributed by atoms with Crippen molar-refractivity contribution in [3.8, 4) is 0 Å². The van der Waals surface area contributed by atoms with Gasteiger partial charge in [0.25, 0.3) is 0 Å². The Bertz CT molecular complexity index is 467. The fourth-order valence-electron chi connectivity index (χ4n) is 1.58. The topological polar surface area (TPSA) is 55.4 Å². The van der Waals surface area contributed by atoms with Crippen molar-refractivity contribution in [3.63, 3.8) is 0 Å². The number of ether oxygens (including phenoxy) is 1. The molecule has 1 atom stereocenters. The van der Waals surface area contributed by atoms with Crippen LogP contribution in [0, 0.1) is 0 Å². The van der Waals surface area contributed by atoms with Crippen molar-refractivity contribution in [1.29, 1.82) is 0 Å². The lowest BCUT2D eigenvalue weighted by atomic mass is 10.4. The van der Waals surface area contributed by atoms with E-state index >= 15 is 0 Å². The van der Waals surface area contributed by atoms with Gasteiger partial charge in [0.05, 0.1) is 11.5 Å². The van der Waals surface area contributed by atoms with Crippen LogP contribution in [-0.2, 0) is 14.6 Å². The Morgan fingerprint density at radius 2 is 2.12 bits per heavy atom. The number of rotatable bonds is 2. The first-order chi connectivity index (χ1) is 7.62. The first kappa shape index (κ1) is 11.9. The highest BCUT2D eigenvalue weighted by Gasteiger charge is 2.30. The van der Waals surface area contributed by atoms with Gasteiger partial charge in [-0.15, -0.1) is 12.6 Å². The predicted molar refractivity (Wildman–Crippen MR) is 63.5 cm³/mol. The number of hydrogen-bond donors (Lipinski definition) is 2. The standard InChI is InChI=1S/C10H13NO3S2/c12-16(13,10-7-11-5-6-14-10)9-4-2-1-3-8(9)15/h1-4,10-11,15H,5-7H2. The van der Waals surface area contributed by atoms with Gasteiger partial charge in [0.15, 0.2) is 5.44 Å².